The average Bonchev–Trinajstić information content (AvgIpc) is 2.62. The molecule has 0 radical (unpaired) electrons. The van der Waals surface area contributed by atoms with Crippen LogP contribution in [-0.2, 0) is 11.3 Å². The Hall–Kier alpha value is -0.840. The van der Waals surface area contributed by atoms with E-state index in [1.165, 1.54) is 0 Å². The Kier molecular flexibility index (Phi) is 5.43. The van der Waals surface area contributed by atoms with Gasteiger partial charge in [0, 0.05) is 26.2 Å². The second kappa shape index (κ2) is 7.08. The Morgan fingerprint density at radius 2 is 2.37 bits per heavy atom. The predicted molar refractivity (Wildman–Crippen MR) is 78.9 cm³/mol. The molecule has 0 spiro atoms. The minimum absolute atomic E-state index is 0.247. The first kappa shape index (κ1) is 14.6. The summed E-state index contributed by atoms with van der Waals surface area (Å²) in [7, 11) is 0. The van der Waals surface area contributed by atoms with Crippen molar-refractivity contribution in [2.75, 3.05) is 31.1 Å². The van der Waals surface area contributed by atoms with E-state index < -0.39 is 0 Å². The van der Waals surface area contributed by atoms with Crippen molar-refractivity contribution in [1.82, 2.24) is 10.3 Å². The Morgan fingerprint density at radius 3 is 3.16 bits per heavy atom. The highest BCUT2D eigenvalue weighted by molar-refractivity contribution is 6.31. The third-order valence-corrected chi connectivity index (χ3v) is 3.57. The van der Waals surface area contributed by atoms with E-state index in [0.717, 1.165) is 49.2 Å². The third kappa shape index (κ3) is 4.06. The topological polar surface area (TPSA) is 37.4 Å². The van der Waals surface area contributed by atoms with Crippen molar-refractivity contribution in [2.45, 2.75) is 32.9 Å². The minimum Gasteiger partial charge on any atom is -0.377 e. The summed E-state index contributed by atoms with van der Waals surface area (Å²) >= 11 is 6.19. The van der Waals surface area contributed by atoms with Crippen molar-refractivity contribution >= 4 is 17.4 Å². The molecule has 0 aromatic carbocycles. The lowest BCUT2D eigenvalue weighted by Gasteiger charge is -2.24. The summed E-state index contributed by atoms with van der Waals surface area (Å²) in [4.78, 5) is 6.97. The van der Waals surface area contributed by atoms with Crippen LogP contribution in [0.4, 0.5) is 5.82 Å². The molecule has 1 aromatic rings. The van der Waals surface area contributed by atoms with Gasteiger partial charge >= 0.3 is 0 Å². The van der Waals surface area contributed by atoms with Crippen LogP contribution in [0.3, 0.4) is 0 Å². The molecule has 1 fully saturated rings. The first-order chi connectivity index (χ1) is 9.20. The quantitative estimate of drug-likeness (QED) is 0.921. The zero-order valence-corrected chi connectivity index (χ0v) is 12.4. The van der Waals surface area contributed by atoms with E-state index in [4.69, 9.17) is 16.3 Å². The van der Waals surface area contributed by atoms with Gasteiger partial charge in [0.15, 0.2) is 0 Å². The Labute approximate surface area is 120 Å². The van der Waals surface area contributed by atoms with Crippen LogP contribution in [0.15, 0.2) is 12.1 Å². The summed E-state index contributed by atoms with van der Waals surface area (Å²) < 4.78 is 5.67. The van der Waals surface area contributed by atoms with Crippen LogP contribution in [-0.4, -0.2) is 37.3 Å². The number of anilines is 1. The van der Waals surface area contributed by atoms with Crippen molar-refractivity contribution in [1.29, 1.82) is 0 Å². The summed E-state index contributed by atoms with van der Waals surface area (Å²) in [5.74, 6) is 0.995. The first-order valence-electron chi connectivity index (χ1n) is 6.93. The minimum atomic E-state index is 0.247. The highest BCUT2D eigenvalue weighted by Gasteiger charge is 2.17. The molecule has 2 heterocycles. The van der Waals surface area contributed by atoms with Crippen molar-refractivity contribution in [3.63, 3.8) is 0 Å². The fourth-order valence-corrected chi connectivity index (χ4v) is 2.39. The molecule has 4 nitrogen and oxygen atoms in total. The molecule has 1 saturated heterocycles. The Morgan fingerprint density at radius 1 is 1.53 bits per heavy atom. The second-order valence-corrected chi connectivity index (χ2v) is 5.27. The molecule has 2 rings (SSSR count). The van der Waals surface area contributed by atoms with Crippen LogP contribution in [0.2, 0.25) is 5.02 Å². The molecule has 0 saturated carbocycles. The monoisotopic (exact) mass is 283 g/mol. The number of hydrogen-bond donors (Lipinski definition) is 1. The zero-order chi connectivity index (χ0) is 13.7. The van der Waals surface area contributed by atoms with Gasteiger partial charge in [0.05, 0.1) is 16.8 Å². The van der Waals surface area contributed by atoms with E-state index in [1.54, 1.807) is 0 Å². The van der Waals surface area contributed by atoms with E-state index in [-0.39, 0.29) is 6.10 Å². The largest absolute Gasteiger partial charge is 0.377 e. The number of nitrogens with zero attached hydrogens (tertiary/aromatic N) is 2. The molecule has 19 heavy (non-hydrogen) atoms. The Bertz CT molecular complexity index is 414. The summed E-state index contributed by atoms with van der Waals surface area (Å²) in [6, 6.07) is 3.93. The molecule has 1 N–H and O–H groups in total. The van der Waals surface area contributed by atoms with Crippen molar-refractivity contribution < 1.29 is 4.74 Å². The van der Waals surface area contributed by atoms with Crippen molar-refractivity contribution in [3.8, 4) is 0 Å². The third-order valence-electron chi connectivity index (χ3n) is 3.22. The molecule has 1 atom stereocenters. The number of rotatable bonds is 4. The van der Waals surface area contributed by atoms with Gasteiger partial charge in [0.25, 0.3) is 0 Å². The summed E-state index contributed by atoms with van der Waals surface area (Å²) in [5, 5.41) is 3.99. The molecule has 106 valence electrons. The van der Waals surface area contributed by atoms with Crippen LogP contribution in [0.1, 0.15) is 26.0 Å². The number of nitrogens with one attached hydrogen (secondary N) is 1. The molecule has 5 heteroatoms. The van der Waals surface area contributed by atoms with E-state index in [0.29, 0.717) is 6.54 Å². The van der Waals surface area contributed by atoms with Gasteiger partial charge in [0.1, 0.15) is 5.82 Å². The van der Waals surface area contributed by atoms with E-state index in [9.17, 15) is 0 Å². The lowest BCUT2D eigenvalue weighted by atomic mass is 10.3. The van der Waals surface area contributed by atoms with Crippen LogP contribution in [0.5, 0.6) is 0 Å². The summed E-state index contributed by atoms with van der Waals surface area (Å²) in [5.41, 5.74) is 0.916. The normalized spacial score (nSPS) is 20.4. The molecule has 0 aliphatic carbocycles. The van der Waals surface area contributed by atoms with Crippen LogP contribution >= 0.6 is 11.6 Å². The van der Waals surface area contributed by atoms with E-state index >= 15 is 0 Å². The maximum Gasteiger partial charge on any atom is 0.129 e. The highest BCUT2D eigenvalue weighted by Crippen LogP contribution is 2.21. The SMILES string of the molecule is CCNCc1nc(N2CCCOC(C)C2)ccc1Cl. The molecule has 1 aromatic heterocycles. The average molecular weight is 284 g/mol. The van der Waals surface area contributed by atoms with Crippen molar-refractivity contribution in [3.05, 3.63) is 22.8 Å². The van der Waals surface area contributed by atoms with Gasteiger partial charge in [-0.15, -0.1) is 0 Å². The fraction of sp³-hybridized carbons (Fsp3) is 0.643. The molecule has 0 amide bonds. The van der Waals surface area contributed by atoms with Gasteiger partial charge in [-0.3, -0.25) is 0 Å². The molecular formula is C14H22ClN3O. The smallest absolute Gasteiger partial charge is 0.129 e. The second-order valence-electron chi connectivity index (χ2n) is 4.86. The molecule has 0 bridgehead atoms. The van der Waals surface area contributed by atoms with Gasteiger partial charge in [-0.1, -0.05) is 18.5 Å². The maximum absolute atomic E-state index is 6.19. The van der Waals surface area contributed by atoms with Gasteiger partial charge < -0.3 is 15.0 Å². The first-order valence-corrected chi connectivity index (χ1v) is 7.31. The Balaban J connectivity index is 2.14. The summed E-state index contributed by atoms with van der Waals surface area (Å²) in [6.45, 7) is 8.50. The maximum atomic E-state index is 6.19. The van der Waals surface area contributed by atoms with Gasteiger partial charge in [-0.25, -0.2) is 4.98 Å². The molecule has 1 aliphatic heterocycles. The number of ether oxygens (including phenoxy) is 1. The van der Waals surface area contributed by atoms with Crippen molar-refractivity contribution in [2.24, 2.45) is 0 Å². The van der Waals surface area contributed by atoms with Crippen LogP contribution < -0.4 is 10.2 Å². The van der Waals surface area contributed by atoms with E-state index in [2.05, 4.69) is 29.0 Å². The standard InChI is InChI=1S/C14H22ClN3O/c1-3-16-9-13-12(15)5-6-14(17-13)18-7-4-8-19-11(2)10-18/h5-6,11,16H,3-4,7-10H2,1-2H3. The van der Waals surface area contributed by atoms with Gasteiger partial charge in [-0.2, -0.15) is 0 Å². The summed E-state index contributed by atoms with van der Waals surface area (Å²) in [6.07, 6.45) is 1.29. The lowest BCUT2D eigenvalue weighted by Crippen LogP contribution is -2.31. The van der Waals surface area contributed by atoms with Crippen LogP contribution in [0, 0.1) is 0 Å². The zero-order valence-electron chi connectivity index (χ0n) is 11.7. The molecule has 1 unspecified atom stereocenters. The number of halogens is 1. The molecular weight excluding hydrogens is 262 g/mol. The van der Waals surface area contributed by atoms with E-state index in [1.807, 2.05) is 12.1 Å². The highest BCUT2D eigenvalue weighted by atomic mass is 35.5. The number of hydrogen-bond acceptors (Lipinski definition) is 4. The molecule has 1 aliphatic rings. The fourth-order valence-electron chi connectivity index (χ4n) is 2.22. The predicted octanol–water partition coefficient (Wildman–Crippen LogP) is 2.46. The van der Waals surface area contributed by atoms with Gasteiger partial charge in [0.2, 0.25) is 0 Å². The van der Waals surface area contributed by atoms with Crippen LogP contribution in [0.25, 0.3) is 0 Å². The van der Waals surface area contributed by atoms with Gasteiger partial charge in [-0.05, 0) is 32.0 Å². The number of aromatic nitrogens is 1. The number of pyridine rings is 1. The lowest BCUT2D eigenvalue weighted by molar-refractivity contribution is 0.0820.